The second-order valence-electron chi connectivity index (χ2n) is 4.83. The monoisotopic (exact) mass is 254 g/mol. The molecule has 1 heterocycles. The van der Waals surface area contributed by atoms with Gasteiger partial charge in [-0.25, -0.2) is 9.67 Å². The molecule has 0 unspecified atom stereocenters. The van der Waals surface area contributed by atoms with Gasteiger partial charge in [-0.3, -0.25) is 4.90 Å². The number of nitrogens with two attached hydrogens (primary N) is 1. The fraction of sp³-hybridized carbons (Fsp3) is 0.727. The molecule has 0 radical (unpaired) electrons. The zero-order chi connectivity index (χ0) is 13.5. The van der Waals surface area contributed by atoms with E-state index < -0.39 is 0 Å². The van der Waals surface area contributed by atoms with Crippen LogP contribution in [0.4, 0.5) is 0 Å². The van der Waals surface area contributed by atoms with Crippen molar-refractivity contribution in [1.82, 2.24) is 19.7 Å². The quantitative estimate of drug-likeness (QED) is 0.320. The number of rotatable bonds is 7. The second-order valence-corrected chi connectivity index (χ2v) is 4.83. The SMILES string of the molecule is CC(C)Cn1ncnc1CN(C)CCC(N)=NO. The fourth-order valence-corrected chi connectivity index (χ4v) is 1.58. The van der Waals surface area contributed by atoms with Crippen LogP contribution in [0.2, 0.25) is 0 Å². The zero-order valence-electron chi connectivity index (χ0n) is 11.2. The molecule has 7 nitrogen and oxygen atoms in total. The average molecular weight is 254 g/mol. The fourth-order valence-electron chi connectivity index (χ4n) is 1.58. The predicted molar refractivity (Wildman–Crippen MR) is 69.2 cm³/mol. The third-order valence-electron chi connectivity index (χ3n) is 2.52. The highest BCUT2D eigenvalue weighted by atomic mass is 16.4. The summed E-state index contributed by atoms with van der Waals surface area (Å²) in [5.74, 6) is 1.71. The van der Waals surface area contributed by atoms with E-state index in [-0.39, 0.29) is 5.84 Å². The smallest absolute Gasteiger partial charge is 0.141 e. The first-order valence-electron chi connectivity index (χ1n) is 6.04. The van der Waals surface area contributed by atoms with E-state index in [9.17, 15) is 0 Å². The Bertz CT molecular complexity index is 387. The Hall–Kier alpha value is -1.63. The number of hydrogen-bond acceptors (Lipinski definition) is 5. The van der Waals surface area contributed by atoms with E-state index in [1.807, 2.05) is 11.7 Å². The molecule has 1 aromatic heterocycles. The molecule has 0 amide bonds. The van der Waals surface area contributed by atoms with Gasteiger partial charge in [-0.1, -0.05) is 19.0 Å². The van der Waals surface area contributed by atoms with E-state index in [0.29, 0.717) is 25.4 Å². The summed E-state index contributed by atoms with van der Waals surface area (Å²) < 4.78 is 1.92. The average Bonchev–Trinajstić information content (AvgIpc) is 2.72. The van der Waals surface area contributed by atoms with Gasteiger partial charge in [0.1, 0.15) is 18.0 Å². The van der Waals surface area contributed by atoms with E-state index in [1.54, 1.807) is 6.33 Å². The minimum atomic E-state index is 0.241. The van der Waals surface area contributed by atoms with Crippen LogP contribution in [-0.2, 0) is 13.1 Å². The van der Waals surface area contributed by atoms with Crippen molar-refractivity contribution in [2.45, 2.75) is 33.4 Å². The first-order valence-corrected chi connectivity index (χ1v) is 6.04. The zero-order valence-corrected chi connectivity index (χ0v) is 11.2. The lowest BCUT2D eigenvalue weighted by Crippen LogP contribution is -2.26. The van der Waals surface area contributed by atoms with Gasteiger partial charge in [-0.05, 0) is 13.0 Å². The molecule has 0 saturated heterocycles. The van der Waals surface area contributed by atoms with Crippen LogP contribution in [-0.4, -0.2) is 44.3 Å². The molecule has 0 aliphatic carbocycles. The van der Waals surface area contributed by atoms with Crippen LogP contribution < -0.4 is 5.73 Å². The van der Waals surface area contributed by atoms with E-state index >= 15 is 0 Å². The number of nitrogens with zero attached hydrogens (tertiary/aromatic N) is 5. The summed E-state index contributed by atoms with van der Waals surface area (Å²) in [6, 6.07) is 0. The Kier molecular flexibility index (Phi) is 5.57. The molecule has 18 heavy (non-hydrogen) atoms. The summed E-state index contributed by atoms with van der Waals surface area (Å²) in [5.41, 5.74) is 5.43. The maximum atomic E-state index is 8.47. The van der Waals surface area contributed by atoms with Gasteiger partial charge in [0.25, 0.3) is 0 Å². The van der Waals surface area contributed by atoms with Crippen LogP contribution in [0, 0.1) is 5.92 Å². The Labute approximate surface area is 107 Å². The summed E-state index contributed by atoms with van der Waals surface area (Å²) in [6.45, 7) is 6.57. The lowest BCUT2D eigenvalue weighted by molar-refractivity contribution is 0.302. The van der Waals surface area contributed by atoms with Crippen LogP contribution in [0.15, 0.2) is 11.5 Å². The Morgan fingerprint density at radius 1 is 1.61 bits per heavy atom. The summed E-state index contributed by atoms with van der Waals surface area (Å²) >= 11 is 0. The van der Waals surface area contributed by atoms with Crippen LogP contribution in [0.5, 0.6) is 0 Å². The number of hydrogen-bond donors (Lipinski definition) is 2. The van der Waals surface area contributed by atoms with Crippen LogP contribution >= 0.6 is 0 Å². The van der Waals surface area contributed by atoms with Crippen LogP contribution in [0.25, 0.3) is 0 Å². The molecule has 0 atom stereocenters. The molecule has 0 aliphatic heterocycles. The molecule has 0 fully saturated rings. The van der Waals surface area contributed by atoms with Gasteiger partial charge in [-0.15, -0.1) is 0 Å². The van der Waals surface area contributed by atoms with Crippen molar-refractivity contribution < 1.29 is 5.21 Å². The van der Waals surface area contributed by atoms with E-state index in [2.05, 4.69) is 34.0 Å². The topological polar surface area (TPSA) is 92.6 Å². The molecular formula is C11H22N6O. The molecule has 7 heteroatoms. The molecule has 1 rings (SSSR count). The molecule has 0 aliphatic rings. The molecule has 1 aromatic rings. The van der Waals surface area contributed by atoms with Crippen molar-refractivity contribution in [2.24, 2.45) is 16.8 Å². The lowest BCUT2D eigenvalue weighted by Gasteiger charge is -2.16. The van der Waals surface area contributed by atoms with Gasteiger partial charge in [-0.2, -0.15) is 5.10 Å². The standard InChI is InChI=1S/C11H22N6O/c1-9(2)6-17-11(13-8-14-17)7-16(3)5-4-10(12)15-18/h8-9,18H,4-7H2,1-3H3,(H2,12,15). The minimum Gasteiger partial charge on any atom is -0.409 e. The summed E-state index contributed by atoms with van der Waals surface area (Å²) in [4.78, 5) is 6.32. The molecular weight excluding hydrogens is 232 g/mol. The summed E-state index contributed by atoms with van der Waals surface area (Å²) in [5, 5.41) is 15.6. The Morgan fingerprint density at radius 2 is 2.33 bits per heavy atom. The Morgan fingerprint density at radius 3 is 2.94 bits per heavy atom. The summed E-state index contributed by atoms with van der Waals surface area (Å²) in [6.07, 6.45) is 2.11. The van der Waals surface area contributed by atoms with Gasteiger partial charge in [0.2, 0.25) is 0 Å². The van der Waals surface area contributed by atoms with Gasteiger partial charge in [0, 0.05) is 19.5 Å². The van der Waals surface area contributed by atoms with E-state index in [0.717, 1.165) is 12.4 Å². The van der Waals surface area contributed by atoms with Gasteiger partial charge < -0.3 is 10.9 Å². The van der Waals surface area contributed by atoms with Crippen molar-refractivity contribution in [3.8, 4) is 0 Å². The number of amidine groups is 1. The highest BCUT2D eigenvalue weighted by Crippen LogP contribution is 2.04. The van der Waals surface area contributed by atoms with Crippen molar-refractivity contribution in [1.29, 1.82) is 0 Å². The molecule has 102 valence electrons. The predicted octanol–water partition coefficient (Wildman–Crippen LogP) is 0.502. The maximum absolute atomic E-state index is 8.47. The first-order chi connectivity index (χ1) is 8.52. The third-order valence-corrected chi connectivity index (χ3v) is 2.52. The molecule has 0 aromatic carbocycles. The number of oxime groups is 1. The number of aromatic nitrogens is 3. The maximum Gasteiger partial charge on any atom is 0.141 e. The lowest BCUT2D eigenvalue weighted by atomic mass is 10.2. The van der Waals surface area contributed by atoms with E-state index in [4.69, 9.17) is 10.9 Å². The highest BCUT2D eigenvalue weighted by Gasteiger charge is 2.09. The first kappa shape index (κ1) is 14.4. The summed E-state index contributed by atoms with van der Waals surface area (Å²) in [7, 11) is 1.97. The van der Waals surface area contributed by atoms with Crippen molar-refractivity contribution in [3.05, 3.63) is 12.2 Å². The van der Waals surface area contributed by atoms with Gasteiger partial charge >= 0.3 is 0 Å². The van der Waals surface area contributed by atoms with Crippen molar-refractivity contribution in [2.75, 3.05) is 13.6 Å². The van der Waals surface area contributed by atoms with Crippen molar-refractivity contribution in [3.63, 3.8) is 0 Å². The largest absolute Gasteiger partial charge is 0.409 e. The second kappa shape index (κ2) is 6.95. The minimum absolute atomic E-state index is 0.241. The molecule has 0 spiro atoms. The highest BCUT2D eigenvalue weighted by molar-refractivity contribution is 5.79. The normalized spacial score (nSPS) is 12.6. The molecule has 0 bridgehead atoms. The van der Waals surface area contributed by atoms with Crippen LogP contribution in [0.3, 0.4) is 0 Å². The van der Waals surface area contributed by atoms with E-state index in [1.165, 1.54) is 0 Å². The van der Waals surface area contributed by atoms with Gasteiger partial charge in [0.15, 0.2) is 0 Å². The van der Waals surface area contributed by atoms with Crippen LogP contribution in [0.1, 0.15) is 26.1 Å². The van der Waals surface area contributed by atoms with Crippen molar-refractivity contribution >= 4 is 5.84 Å². The molecule has 3 N–H and O–H groups in total. The van der Waals surface area contributed by atoms with Gasteiger partial charge in [0.05, 0.1) is 6.54 Å². The third kappa shape index (κ3) is 4.70. The molecule has 0 saturated carbocycles. The Balaban J connectivity index is 2.48.